The lowest BCUT2D eigenvalue weighted by atomic mass is 9.72. The molecule has 1 aliphatic carbocycles. The molecule has 0 bridgehead atoms. The Bertz CT molecular complexity index is 1450. The first-order chi connectivity index (χ1) is 20.2. The Labute approximate surface area is 246 Å². The van der Waals surface area contributed by atoms with Gasteiger partial charge in [-0.05, 0) is 41.7 Å². The molecule has 43 heavy (non-hydrogen) atoms. The number of allylic oxidation sites excluding steroid dienone is 1. The van der Waals surface area contributed by atoms with Crippen molar-refractivity contribution in [2.45, 2.75) is 44.9 Å². The van der Waals surface area contributed by atoms with E-state index in [1.54, 1.807) is 32.0 Å². The summed E-state index contributed by atoms with van der Waals surface area (Å²) in [6.45, 7) is 3.12. The Morgan fingerprint density at radius 2 is 1.42 bits per heavy atom. The third-order valence-electron chi connectivity index (χ3n) is 7.52. The monoisotopic (exact) mass is 606 g/mol. The number of halogens is 3. The van der Waals surface area contributed by atoms with E-state index >= 15 is 13.2 Å². The predicted molar refractivity (Wildman–Crippen MR) is 147 cm³/mol. The normalized spacial score (nSPS) is 19.6. The molecule has 2 aromatic carbocycles. The van der Waals surface area contributed by atoms with Gasteiger partial charge in [-0.25, -0.2) is 0 Å². The zero-order valence-electron chi connectivity index (χ0n) is 24.9. The molecule has 0 spiro atoms. The molecular formula is C30H33F3N2O8. The first-order valence-electron chi connectivity index (χ1n) is 13.2. The van der Waals surface area contributed by atoms with E-state index in [0.29, 0.717) is 17.1 Å². The lowest BCUT2D eigenvalue weighted by molar-refractivity contribution is -0.190. The molecule has 232 valence electrons. The van der Waals surface area contributed by atoms with E-state index in [4.69, 9.17) is 23.7 Å². The summed E-state index contributed by atoms with van der Waals surface area (Å²) in [6, 6.07) is 6.98. The molecule has 0 saturated carbocycles. The van der Waals surface area contributed by atoms with Crippen molar-refractivity contribution in [1.29, 1.82) is 0 Å². The van der Waals surface area contributed by atoms with Crippen LogP contribution in [0.1, 0.15) is 42.6 Å². The molecule has 1 aliphatic heterocycles. The number of hydrogen-bond donors (Lipinski definition) is 1. The fourth-order valence-electron chi connectivity index (χ4n) is 5.59. The molecule has 0 saturated heterocycles. The number of ether oxygens (including phenoxy) is 5. The Balaban J connectivity index is 1.89. The quantitative estimate of drug-likeness (QED) is 0.446. The van der Waals surface area contributed by atoms with Crippen molar-refractivity contribution in [3.8, 4) is 28.7 Å². The first kappa shape index (κ1) is 31.5. The van der Waals surface area contributed by atoms with Crippen LogP contribution in [0.3, 0.4) is 0 Å². The lowest BCUT2D eigenvalue weighted by Gasteiger charge is -2.35. The second kappa shape index (κ2) is 11.3. The molecule has 13 heteroatoms. The Kier molecular flexibility index (Phi) is 8.31. The van der Waals surface area contributed by atoms with E-state index in [0.717, 1.165) is 17.0 Å². The molecule has 4 rings (SSSR count). The van der Waals surface area contributed by atoms with Crippen LogP contribution in [-0.2, 0) is 16.1 Å². The number of methoxy groups -OCH3 is 5. The van der Waals surface area contributed by atoms with Gasteiger partial charge < -0.3 is 33.9 Å². The van der Waals surface area contributed by atoms with Gasteiger partial charge in [0, 0.05) is 23.7 Å². The van der Waals surface area contributed by atoms with Crippen molar-refractivity contribution < 1.29 is 51.2 Å². The minimum Gasteiger partial charge on any atom is -0.497 e. The minimum absolute atomic E-state index is 0.00908. The molecule has 10 nitrogen and oxygen atoms in total. The summed E-state index contributed by atoms with van der Waals surface area (Å²) in [5, 5.41) is 1.92. The molecule has 1 N–H and O–H groups in total. The fourth-order valence-corrected chi connectivity index (χ4v) is 5.59. The average Bonchev–Trinajstić information content (AvgIpc) is 3.18. The van der Waals surface area contributed by atoms with Gasteiger partial charge in [0.1, 0.15) is 11.5 Å². The van der Waals surface area contributed by atoms with Crippen molar-refractivity contribution in [3.63, 3.8) is 0 Å². The maximum Gasteiger partial charge on any atom is 0.425 e. The summed E-state index contributed by atoms with van der Waals surface area (Å²) in [5.41, 5.74) is -5.21. The fraction of sp³-hybridized carbons (Fsp3) is 0.433. The number of alkyl halides is 3. The van der Waals surface area contributed by atoms with Gasteiger partial charge in [0.25, 0.3) is 11.8 Å². The number of amides is 2. The summed E-state index contributed by atoms with van der Waals surface area (Å²) < 4.78 is 72.1. The van der Waals surface area contributed by atoms with E-state index in [-0.39, 0.29) is 47.9 Å². The number of hydrogen-bond acceptors (Lipinski definition) is 8. The van der Waals surface area contributed by atoms with E-state index in [1.165, 1.54) is 35.5 Å². The zero-order chi connectivity index (χ0) is 31.9. The number of ketones is 1. The van der Waals surface area contributed by atoms with Gasteiger partial charge >= 0.3 is 6.18 Å². The van der Waals surface area contributed by atoms with Gasteiger partial charge in [0.2, 0.25) is 11.3 Å². The average molecular weight is 607 g/mol. The van der Waals surface area contributed by atoms with E-state index in [9.17, 15) is 14.4 Å². The maximum atomic E-state index is 15.3. The number of rotatable bonds is 9. The van der Waals surface area contributed by atoms with Crippen LogP contribution in [-0.4, -0.2) is 69.8 Å². The van der Waals surface area contributed by atoms with Crippen LogP contribution in [0.5, 0.6) is 28.7 Å². The van der Waals surface area contributed by atoms with Crippen LogP contribution in [0.4, 0.5) is 13.2 Å². The van der Waals surface area contributed by atoms with Crippen LogP contribution < -0.4 is 29.0 Å². The van der Waals surface area contributed by atoms with Crippen molar-refractivity contribution >= 4 is 17.6 Å². The van der Waals surface area contributed by atoms with E-state index in [2.05, 4.69) is 0 Å². The highest BCUT2D eigenvalue weighted by Crippen LogP contribution is 2.52. The Hall–Kier alpha value is -4.42. The topological polar surface area (TPSA) is 113 Å². The molecule has 2 aliphatic rings. The molecule has 0 radical (unpaired) electrons. The number of nitrogens with one attached hydrogen (secondary N) is 1. The zero-order valence-corrected chi connectivity index (χ0v) is 24.9. The van der Waals surface area contributed by atoms with E-state index < -0.39 is 40.3 Å². The SMILES string of the molecule is COc1cc(CN2C(=O)C(NC(=O)c3cc(OC)c(OC)c(OC)c3)(C(F)(F)F)C3=C2CC(C)(C)CC3=O)cc(OC)c1. The van der Waals surface area contributed by atoms with E-state index in [1.807, 2.05) is 5.32 Å². The van der Waals surface area contributed by atoms with Gasteiger partial charge in [0.05, 0.1) is 47.7 Å². The molecule has 1 heterocycles. The number of carbonyl (C=O) groups excluding carboxylic acids is 3. The number of benzene rings is 2. The largest absolute Gasteiger partial charge is 0.497 e. The third kappa shape index (κ3) is 5.43. The maximum absolute atomic E-state index is 15.3. The summed E-state index contributed by atoms with van der Waals surface area (Å²) in [4.78, 5) is 42.1. The molecule has 2 amide bonds. The molecule has 2 aromatic rings. The van der Waals surface area contributed by atoms with Crippen molar-refractivity contribution in [2.75, 3.05) is 35.5 Å². The van der Waals surface area contributed by atoms with Gasteiger partial charge in [-0.15, -0.1) is 0 Å². The highest BCUT2D eigenvalue weighted by molar-refractivity contribution is 6.14. The Morgan fingerprint density at radius 3 is 1.88 bits per heavy atom. The number of carbonyl (C=O) groups is 3. The van der Waals surface area contributed by atoms with Crippen molar-refractivity contribution in [1.82, 2.24) is 10.2 Å². The highest BCUT2D eigenvalue weighted by Gasteiger charge is 2.71. The second-order valence-corrected chi connectivity index (χ2v) is 11.0. The second-order valence-electron chi connectivity index (χ2n) is 11.0. The lowest BCUT2D eigenvalue weighted by Crippen LogP contribution is -2.66. The molecule has 1 atom stereocenters. The Morgan fingerprint density at radius 1 is 0.860 bits per heavy atom. The first-order valence-corrected chi connectivity index (χ1v) is 13.2. The molecule has 0 aromatic heterocycles. The van der Waals surface area contributed by atoms with Gasteiger partial charge in [-0.2, -0.15) is 13.2 Å². The summed E-state index contributed by atoms with van der Waals surface area (Å²) in [7, 11) is 6.71. The minimum atomic E-state index is -5.39. The smallest absolute Gasteiger partial charge is 0.425 e. The van der Waals surface area contributed by atoms with Crippen LogP contribution in [0.15, 0.2) is 41.6 Å². The molecular weight excluding hydrogens is 573 g/mol. The summed E-state index contributed by atoms with van der Waals surface area (Å²) in [5.74, 6) is -2.82. The molecule has 0 fully saturated rings. The van der Waals surface area contributed by atoms with Gasteiger partial charge in [-0.3, -0.25) is 14.4 Å². The number of nitrogens with zero attached hydrogens (tertiary/aromatic N) is 1. The van der Waals surface area contributed by atoms with Crippen molar-refractivity contribution in [2.24, 2.45) is 5.41 Å². The third-order valence-corrected chi connectivity index (χ3v) is 7.52. The summed E-state index contributed by atoms with van der Waals surface area (Å²) in [6.07, 6.45) is -5.66. The number of Topliss-reactive ketones (excluding diaryl/α,β-unsaturated/α-hetero) is 1. The molecule has 1 unspecified atom stereocenters. The predicted octanol–water partition coefficient (Wildman–Crippen LogP) is 4.45. The standard InChI is InChI=1S/C30H33F3N2O8/c1-28(2)13-20-24(21(36)14-28)29(30(31,32)33,27(38)35(20)15-16-8-18(39-3)12-19(9-16)40-4)34-26(37)17-10-22(41-5)25(43-7)23(11-17)42-6/h8-12H,13-15H2,1-7H3,(H,34,37). The van der Waals surface area contributed by atoms with Crippen LogP contribution in [0, 0.1) is 5.41 Å². The van der Waals surface area contributed by atoms with Gasteiger partial charge in [-0.1, -0.05) is 13.8 Å². The van der Waals surface area contributed by atoms with Crippen molar-refractivity contribution in [3.05, 3.63) is 52.7 Å². The van der Waals surface area contributed by atoms with Gasteiger partial charge in [0.15, 0.2) is 17.3 Å². The van der Waals surface area contributed by atoms with Crippen LogP contribution in [0.25, 0.3) is 0 Å². The summed E-state index contributed by atoms with van der Waals surface area (Å²) >= 11 is 0. The van der Waals surface area contributed by atoms with Crippen LogP contribution in [0.2, 0.25) is 0 Å². The van der Waals surface area contributed by atoms with Crippen LogP contribution >= 0.6 is 0 Å². The highest BCUT2D eigenvalue weighted by atomic mass is 19.4.